The number of phenolic OH excluding ortho intramolecular Hbond substituents is 1. The molecule has 134 valence electrons. The molecule has 0 aliphatic heterocycles. The molecule has 2 rings (SSSR count). The van der Waals surface area contributed by atoms with Gasteiger partial charge in [0.1, 0.15) is 11.5 Å². The summed E-state index contributed by atoms with van der Waals surface area (Å²) in [5.74, 6) is -0.411. The lowest BCUT2D eigenvalue weighted by Crippen LogP contribution is -2.09. The molecule has 0 saturated heterocycles. The van der Waals surface area contributed by atoms with Gasteiger partial charge >= 0.3 is 0 Å². The third kappa shape index (κ3) is 4.95. The summed E-state index contributed by atoms with van der Waals surface area (Å²) in [6, 6.07) is 10.4. The van der Waals surface area contributed by atoms with Crippen molar-refractivity contribution < 1.29 is 23.8 Å². The Kier molecular flexibility index (Phi) is 6.81. The quantitative estimate of drug-likeness (QED) is 0.535. The number of para-hydroxylation sites is 1. The number of carbonyl (C=O) groups excluding carboxylic acids is 1. The van der Waals surface area contributed by atoms with E-state index in [4.69, 9.17) is 9.47 Å². The van der Waals surface area contributed by atoms with Crippen LogP contribution < -0.4 is 9.47 Å². The van der Waals surface area contributed by atoms with Gasteiger partial charge in [-0.3, -0.25) is 4.79 Å². The molecule has 5 heteroatoms. The SMILES string of the molecule is CCCc1c(O)c(C(C)=O)cc(F)c1OCCCOc1ccccc1. The number of carbonyl (C=O) groups is 1. The van der Waals surface area contributed by atoms with Crippen LogP contribution in [0, 0.1) is 5.82 Å². The van der Waals surface area contributed by atoms with Crippen molar-refractivity contribution in [1.82, 2.24) is 0 Å². The van der Waals surface area contributed by atoms with E-state index in [1.165, 1.54) is 6.92 Å². The molecule has 25 heavy (non-hydrogen) atoms. The van der Waals surface area contributed by atoms with Crippen LogP contribution in [0.5, 0.6) is 17.2 Å². The fourth-order valence-corrected chi connectivity index (χ4v) is 2.52. The average Bonchev–Trinajstić information content (AvgIpc) is 2.60. The number of ether oxygens (including phenoxy) is 2. The van der Waals surface area contributed by atoms with Crippen molar-refractivity contribution in [2.24, 2.45) is 0 Å². The normalized spacial score (nSPS) is 10.5. The van der Waals surface area contributed by atoms with Gasteiger partial charge in [0, 0.05) is 12.0 Å². The fourth-order valence-electron chi connectivity index (χ4n) is 2.52. The molecular weight excluding hydrogens is 323 g/mol. The van der Waals surface area contributed by atoms with Gasteiger partial charge in [-0.25, -0.2) is 4.39 Å². The number of hydrogen-bond acceptors (Lipinski definition) is 4. The van der Waals surface area contributed by atoms with Crippen molar-refractivity contribution in [3.8, 4) is 17.2 Å². The molecule has 0 fully saturated rings. The van der Waals surface area contributed by atoms with Crippen molar-refractivity contribution >= 4 is 5.78 Å². The Hall–Kier alpha value is -2.56. The number of phenols is 1. The highest BCUT2D eigenvalue weighted by atomic mass is 19.1. The molecule has 2 aromatic carbocycles. The number of halogens is 1. The minimum atomic E-state index is -0.629. The van der Waals surface area contributed by atoms with E-state index in [1.54, 1.807) is 0 Å². The molecule has 0 heterocycles. The van der Waals surface area contributed by atoms with Gasteiger partial charge in [0.2, 0.25) is 0 Å². The van der Waals surface area contributed by atoms with Gasteiger partial charge in [-0.1, -0.05) is 31.5 Å². The Labute approximate surface area is 147 Å². The number of hydrogen-bond donors (Lipinski definition) is 1. The first-order chi connectivity index (χ1) is 12.0. The second-order valence-corrected chi connectivity index (χ2v) is 5.73. The minimum absolute atomic E-state index is 0.0132. The van der Waals surface area contributed by atoms with Crippen LogP contribution in [0.4, 0.5) is 4.39 Å². The minimum Gasteiger partial charge on any atom is -0.507 e. The first-order valence-corrected chi connectivity index (χ1v) is 8.40. The van der Waals surface area contributed by atoms with Gasteiger partial charge in [0.15, 0.2) is 17.3 Å². The van der Waals surface area contributed by atoms with Gasteiger partial charge in [0.25, 0.3) is 0 Å². The Morgan fingerprint density at radius 2 is 1.84 bits per heavy atom. The summed E-state index contributed by atoms with van der Waals surface area (Å²) in [6.07, 6.45) is 1.69. The molecule has 0 bridgehead atoms. The lowest BCUT2D eigenvalue weighted by Gasteiger charge is -2.16. The Balaban J connectivity index is 2.00. The van der Waals surface area contributed by atoms with E-state index in [2.05, 4.69) is 0 Å². The molecule has 0 aromatic heterocycles. The number of Topliss-reactive ketones (excluding diaryl/α,β-unsaturated/α-hetero) is 1. The maximum Gasteiger partial charge on any atom is 0.166 e. The zero-order chi connectivity index (χ0) is 18.2. The molecule has 0 aliphatic rings. The van der Waals surface area contributed by atoms with E-state index in [0.717, 1.165) is 11.8 Å². The third-order valence-corrected chi connectivity index (χ3v) is 3.73. The summed E-state index contributed by atoms with van der Waals surface area (Å²) in [5.41, 5.74) is 0.331. The van der Waals surface area contributed by atoms with E-state index in [0.29, 0.717) is 31.4 Å². The molecule has 1 N–H and O–H groups in total. The first-order valence-electron chi connectivity index (χ1n) is 8.40. The van der Waals surface area contributed by atoms with Crippen LogP contribution in [0.2, 0.25) is 0 Å². The summed E-state index contributed by atoms with van der Waals surface area (Å²) in [6.45, 7) is 3.90. The van der Waals surface area contributed by atoms with Crippen molar-refractivity contribution in [2.45, 2.75) is 33.1 Å². The summed E-state index contributed by atoms with van der Waals surface area (Å²) >= 11 is 0. The van der Waals surface area contributed by atoms with E-state index >= 15 is 0 Å². The Morgan fingerprint density at radius 1 is 1.16 bits per heavy atom. The molecule has 0 amide bonds. The van der Waals surface area contributed by atoms with E-state index in [-0.39, 0.29) is 29.5 Å². The predicted molar refractivity (Wildman–Crippen MR) is 94.1 cm³/mol. The number of ketones is 1. The summed E-state index contributed by atoms with van der Waals surface area (Å²) in [4.78, 5) is 11.5. The molecule has 0 radical (unpaired) electrons. The van der Waals surface area contributed by atoms with Crippen LogP contribution in [-0.2, 0) is 6.42 Å². The van der Waals surface area contributed by atoms with E-state index < -0.39 is 5.82 Å². The van der Waals surface area contributed by atoms with Crippen LogP contribution in [0.3, 0.4) is 0 Å². The van der Waals surface area contributed by atoms with Crippen LogP contribution in [-0.4, -0.2) is 24.1 Å². The molecule has 0 atom stereocenters. The fraction of sp³-hybridized carbons (Fsp3) is 0.350. The molecule has 0 unspecified atom stereocenters. The average molecular weight is 346 g/mol. The molecule has 2 aromatic rings. The van der Waals surface area contributed by atoms with Crippen molar-refractivity contribution in [2.75, 3.05) is 13.2 Å². The predicted octanol–water partition coefficient (Wildman–Crippen LogP) is 4.53. The molecule has 0 aliphatic carbocycles. The monoisotopic (exact) mass is 346 g/mol. The second-order valence-electron chi connectivity index (χ2n) is 5.73. The van der Waals surface area contributed by atoms with Gasteiger partial charge in [0.05, 0.1) is 18.8 Å². The number of aromatic hydroxyl groups is 1. The lowest BCUT2D eigenvalue weighted by molar-refractivity contribution is 0.101. The van der Waals surface area contributed by atoms with E-state index in [9.17, 15) is 14.3 Å². The summed E-state index contributed by atoms with van der Waals surface area (Å²) in [5, 5.41) is 10.3. The number of benzene rings is 2. The maximum atomic E-state index is 14.3. The van der Waals surface area contributed by atoms with Crippen molar-refractivity contribution in [3.05, 3.63) is 53.3 Å². The van der Waals surface area contributed by atoms with Gasteiger partial charge in [-0.2, -0.15) is 0 Å². The maximum absolute atomic E-state index is 14.3. The molecule has 0 saturated carbocycles. The highest BCUT2D eigenvalue weighted by Gasteiger charge is 2.20. The molecule has 4 nitrogen and oxygen atoms in total. The van der Waals surface area contributed by atoms with Crippen LogP contribution >= 0.6 is 0 Å². The highest BCUT2D eigenvalue weighted by molar-refractivity contribution is 5.97. The Bertz CT molecular complexity index is 713. The highest BCUT2D eigenvalue weighted by Crippen LogP contribution is 2.35. The van der Waals surface area contributed by atoms with Gasteiger partial charge < -0.3 is 14.6 Å². The zero-order valence-corrected chi connectivity index (χ0v) is 14.5. The number of rotatable bonds is 9. The largest absolute Gasteiger partial charge is 0.507 e. The van der Waals surface area contributed by atoms with Crippen LogP contribution in [0.25, 0.3) is 0 Å². The summed E-state index contributed by atoms with van der Waals surface area (Å²) in [7, 11) is 0. The second kappa shape index (κ2) is 9.06. The Morgan fingerprint density at radius 3 is 2.48 bits per heavy atom. The molecular formula is C20H23FO4. The van der Waals surface area contributed by atoms with Crippen LogP contribution in [0.15, 0.2) is 36.4 Å². The molecule has 0 spiro atoms. The third-order valence-electron chi connectivity index (χ3n) is 3.73. The standard InChI is InChI=1S/C20H23FO4/c1-3-8-16-19(23)17(14(2)22)13-18(21)20(16)25-12-7-11-24-15-9-5-4-6-10-15/h4-6,9-10,13,23H,3,7-8,11-12H2,1-2H3. The van der Waals surface area contributed by atoms with E-state index in [1.807, 2.05) is 37.3 Å². The lowest BCUT2D eigenvalue weighted by atomic mass is 10.0. The van der Waals surface area contributed by atoms with Gasteiger partial charge in [-0.15, -0.1) is 0 Å². The van der Waals surface area contributed by atoms with Gasteiger partial charge in [-0.05, 0) is 31.5 Å². The summed E-state index contributed by atoms with van der Waals surface area (Å²) < 4.78 is 25.4. The topological polar surface area (TPSA) is 55.8 Å². The zero-order valence-electron chi connectivity index (χ0n) is 14.5. The van der Waals surface area contributed by atoms with Crippen molar-refractivity contribution in [3.63, 3.8) is 0 Å². The van der Waals surface area contributed by atoms with Crippen molar-refractivity contribution in [1.29, 1.82) is 0 Å². The first kappa shape index (κ1) is 18.8. The smallest absolute Gasteiger partial charge is 0.166 e. The van der Waals surface area contributed by atoms with Crippen LogP contribution in [0.1, 0.15) is 42.6 Å².